The van der Waals surface area contributed by atoms with Gasteiger partial charge in [-0.2, -0.15) is 4.39 Å². The molecule has 8 nitrogen and oxygen atoms in total. The summed E-state index contributed by atoms with van der Waals surface area (Å²) >= 11 is 0. The number of hydrogen-bond donors (Lipinski definition) is 2. The van der Waals surface area contributed by atoms with Crippen molar-refractivity contribution >= 4 is 27.9 Å². The number of benzene rings is 2. The second kappa shape index (κ2) is 9.49. The predicted octanol–water partition coefficient (Wildman–Crippen LogP) is 3.65. The number of ether oxygens (including phenoxy) is 1. The van der Waals surface area contributed by atoms with E-state index in [9.17, 15) is 22.4 Å². The fourth-order valence-electron chi connectivity index (χ4n) is 3.43. The first-order chi connectivity index (χ1) is 16.2. The van der Waals surface area contributed by atoms with Gasteiger partial charge >= 0.3 is 5.69 Å². The zero-order valence-electron chi connectivity index (χ0n) is 19.8. The molecule has 35 heavy (non-hydrogen) atoms. The van der Waals surface area contributed by atoms with E-state index in [1.165, 1.54) is 19.3 Å². The molecule has 0 bridgehead atoms. The van der Waals surface area contributed by atoms with E-state index in [0.717, 1.165) is 6.26 Å². The number of aromatic amines is 1. The van der Waals surface area contributed by atoms with Crippen LogP contribution in [0.1, 0.15) is 37.5 Å². The van der Waals surface area contributed by atoms with Gasteiger partial charge in [0.1, 0.15) is 5.75 Å². The van der Waals surface area contributed by atoms with Crippen LogP contribution in [-0.4, -0.2) is 31.3 Å². The highest BCUT2D eigenvalue weighted by Gasteiger charge is 2.26. The number of methoxy groups -OCH3 is 1. The zero-order chi connectivity index (χ0) is 26.1. The van der Waals surface area contributed by atoms with E-state index in [0.29, 0.717) is 27.6 Å². The van der Waals surface area contributed by atoms with Crippen molar-refractivity contribution in [2.75, 3.05) is 18.1 Å². The summed E-state index contributed by atoms with van der Waals surface area (Å²) in [5, 5.41) is 0. The molecule has 0 aliphatic heterocycles. The summed E-state index contributed by atoms with van der Waals surface area (Å²) in [5.74, 6) is -1.88. The summed E-state index contributed by atoms with van der Waals surface area (Å²) in [6, 6.07) is 7.74. The van der Waals surface area contributed by atoms with Crippen LogP contribution in [0.3, 0.4) is 0 Å². The fourth-order valence-corrected chi connectivity index (χ4v) is 4.00. The third-order valence-corrected chi connectivity index (χ3v) is 5.66. The second-order valence-corrected chi connectivity index (χ2v) is 10.6. The standard InChI is InChI=1S/C24H25F2N3O5S/c1-24(2,3)17-12-19(29-13-18(25)22(30)27-23(29)31)20(26)16(21(17)34-4)11-8-14-6-9-15(10-7-14)28-35(5,32)33/h6-13,28H,1-5H3,(H,27,30,31)/b11-8+. The van der Waals surface area contributed by atoms with Crippen molar-refractivity contribution in [1.82, 2.24) is 9.55 Å². The Labute approximate surface area is 201 Å². The van der Waals surface area contributed by atoms with Crippen LogP contribution in [0.5, 0.6) is 5.75 Å². The Bertz CT molecular complexity index is 1520. The quantitative estimate of drug-likeness (QED) is 0.497. The molecule has 0 fully saturated rings. The minimum Gasteiger partial charge on any atom is -0.496 e. The summed E-state index contributed by atoms with van der Waals surface area (Å²) in [5.41, 5.74) is -1.48. The third kappa shape index (κ3) is 5.86. The van der Waals surface area contributed by atoms with Gasteiger partial charge in [0.05, 0.1) is 30.8 Å². The van der Waals surface area contributed by atoms with Crippen LogP contribution >= 0.6 is 0 Å². The van der Waals surface area contributed by atoms with Crippen LogP contribution in [0.15, 0.2) is 46.1 Å². The topological polar surface area (TPSA) is 110 Å². The summed E-state index contributed by atoms with van der Waals surface area (Å²) in [6.07, 6.45) is 4.70. The Hall–Kier alpha value is -3.73. The molecule has 3 aromatic rings. The number of nitrogens with zero attached hydrogens (tertiary/aromatic N) is 1. The summed E-state index contributed by atoms with van der Waals surface area (Å²) in [6.45, 7) is 5.59. The van der Waals surface area contributed by atoms with Gasteiger partial charge in [0, 0.05) is 11.3 Å². The Morgan fingerprint density at radius 3 is 2.26 bits per heavy atom. The number of hydrogen-bond acceptors (Lipinski definition) is 5. The Balaban J connectivity index is 2.20. The van der Waals surface area contributed by atoms with Crippen LogP contribution < -0.4 is 20.7 Å². The van der Waals surface area contributed by atoms with Crippen molar-refractivity contribution in [3.05, 3.63) is 85.7 Å². The summed E-state index contributed by atoms with van der Waals surface area (Å²) < 4.78 is 61.0. The number of sulfonamides is 1. The molecule has 1 heterocycles. The largest absolute Gasteiger partial charge is 0.496 e. The normalized spacial score (nSPS) is 12.2. The number of aromatic nitrogens is 2. The molecule has 0 amide bonds. The number of halogens is 2. The number of nitrogens with one attached hydrogen (secondary N) is 2. The SMILES string of the molecule is COc1c(C(C)(C)C)cc(-n2cc(F)c(=O)[nH]c2=O)c(F)c1/C=C/c1ccc(NS(C)(=O)=O)cc1. The molecule has 186 valence electrons. The molecule has 0 spiro atoms. The van der Waals surface area contributed by atoms with Gasteiger partial charge < -0.3 is 4.74 Å². The van der Waals surface area contributed by atoms with Crippen molar-refractivity contribution < 1.29 is 21.9 Å². The third-order valence-electron chi connectivity index (χ3n) is 5.06. The van der Waals surface area contributed by atoms with Crippen molar-refractivity contribution in [3.63, 3.8) is 0 Å². The number of rotatable bonds is 6. The lowest BCUT2D eigenvalue weighted by molar-refractivity contribution is 0.392. The van der Waals surface area contributed by atoms with Crippen molar-refractivity contribution in [1.29, 1.82) is 0 Å². The van der Waals surface area contributed by atoms with Gasteiger partial charge in [0.25, 0.3) is 5.56 Å². The van der Waals surface area contributed by atoms with Gasteiger partial charge in [-0.05, 0) is 35.3 Å². The number of anilines is 1. The zero-order valence-corrected chi connectivity index (χ0v) is 20.6. The van der Waals surface area contributed by atoms with E-state index >= 15 is 4.39 Å². The molecule has 0 radical (unpaired) electrons. The fraction of sp³-hybridized carbons (Fsp3) is 0.250. The molecule has 2 aromatic carbocycles. The monoisotopic (exact) mass is 505 g/mol. The van der Waals surface area contributed by atoms with Gasteiger partial charge in [0.15, 0.2) is 5.82 Å². The molecule has 3 rings (SSSR count). The second-order valence-electron chi connectivity index (χ2n) is 8.89. The first-order valence-electron chi connectivity index (χ1n) is 10.4. The highest BCUT2D eigenvalue weighted by Crippen LogP contribution is 2.39. The van der Waals surface area contributed by atoms with Gasteiger partial charge in [-0.1, -0.05) is 39.0 Å². The molecule has 0 atom stereocenters. The first kappa shape index (κ1) is 25.9. The highest BCUT2D eigenvalue weighted by atomic mass is 32.2. The average molecular weight is 506 g/mol. The Morgan fingerprint density at radius 1 is 1.09 bits per heavy atom. The maximum absolute atomic E-state index is 15.8. The van der Waals surface area contributed by atoms with Gasteiger partial charge in [-0.25, -0.2) is 17.6 Å². The lowest BCUT2D eigenvalue weighted by Crippen LogP contribution is -2.31. The maximum Gasteiger partial charge on any atom is 0.333 e. The van der Waals surface area contributed by atoms with E-state index in [-0.39, 0.29) is 17.0 Å². The van der Waals surface area contributed by atoms with Gasteiger partial charge in [0.2, 0.25) is 15.8 Å². The Kier molecular flexibility index (Phi) is 7.02. The lowest BCUT2D eigenvalue weighted by Gasteiger charge is -2.25. The minimum atomic E-state index is -3.43. The lowest BCUT2D eigenvalue weighted by atomic mass is 9.84. The molecule has 11 heteroatoms. The van der Waals surface area contributed by atoms with E-state index in [4.69, 9.17) is 4.74 Å². The van der Waals surface area contributed by atoms with E-state index < -0.39 is 38.3 Å². The van der Waals surface area contributed by atoms with Crippen LogP contribution in [0.25, 0.3) is 17.8 Å². The summed E-state index contributed by atoms with van der Waals surface area (Å²) in [4.78, 5) is 25.6. The van der Waals surface area contributed by atoms with Crippen molar-refractivity contribution in [2.24, 2.45) is 0 Å². The predicted molar refractivity (Wildman–Crippen MR) is 132 cm³/mol. The minimum absolute atomic E-state index is 0.00627. The molecule has 0 unspecified atom stereocenters. The molecule has 2 N–H and O–H groups in total. The number of H-pyrrole nitrogens is 1. The van der Waals surface area contributed by atoms with E-state index in [1.54, 1.807) is 30.3 Å². The molecule has 0 saturated carbocycles. The highest BCUT2D eigenvalue weighted by molar-refractivity contribution is 7.92. The molecular weight excluding hydrogens is 480 g/mol. The van der Waals surface area contributed by atoms with Crippen LogP contribution in [0.2, 0.25) is 0 Å². The Morgan fingerprint density at radius 2 is 1.71 bits per heavy atom. The van der Waals surface area contributed by atoms with E-state index in [2.05, 4.69) is 4.72 Å². The van der Waals surface area contributed by atoms with E-state index in [1.807, 2.05) is 25.8 Å². The maximum atomic E-state index is 15.8. The van der Waals surface area contributed by atoms with Crippen molar-refractivity contribution in [2.45, 2.75) is 26.2 Å². The average Bonchev–Trinajstić information content (AvgIpc) is 2.74. The molecule has 0 aliphatic carbocycles. The van der Waals surface area contributed by atoms with Gasteiger partial charge in [-0.3, -0.25) is 19.1 Å². The smallest absolute Gasteiger partial charge is 0.333 e. The van der Waals surface area contributed by atoms with Crippen LogP contribution in [0, 0.1) is 11.6 Å². The molecule has 0 saturated heterocycles. The van der Waals surface area contributed by atoms with Crippen LogP contribution in [0.4, 0.5) is 14.5 Å². The first-order valence-corrected chi connectivity index (χ1v) is 12.3. The van der Waals surface area contributed by atoms with Crippen molar-refractivity contribution in [3.8, 4) is 11.4 Å². The molecule has 0 aliphatic rings. The molecular formula is C24H25F2N3O5S. The van der Waals surface area contributed by atoms with Gasteiger partial charge in [-0.15, -0.1) is 0 Å². The summed E-state index contributed by atoms with van der Waals surface area (Å²) in [7, 11) is -2.04. The van der Waals surface area contributed by atoms with Crippen LogP contribution in [-0.2, 0) is 15.4 Å². The molecule has 1 aromatic heterocycles.